The van der Waals surface area contributed by atoms with E-state index in [1.165, 1.54) is 0 Å². The molecule has 1 aliphatic heterocycles. The molecule has 1 aromatic heterocycles. The van der Waals surface area contributed by atoms with Gasteiger partial charge in [-0.05, 0) is 0 Å². The van der Waals surface area contributed by atoms with Crippen molar-refractivity contribution in [2.24, 2.45) is 0 Å². The summed E-state index contributed by atoms with van der Waals surface area (Å²) in [6.45, 7) is 7.04. The first-order valence-electron chi connectivity index (χ1n) is 5.87. The molecule has 1 atom stereocenters. The average Bonchev–Trinajstić information content (AvgIpc) is 2.78. The van der Waals surface area contributed by atoms with Gasteiger partial charge in [0.2, 0.25) is 5.89 Å². The highest BCUT2D eigenvalue weighted by Crippen LogP contribution is 2.13. The number of piperazine rings is 1. The zero-order chi connectivity index (χ0) is 12.3. The Morgan fingerprint density at radius 2 is 2.47 bits per heavy atom. The Hall–Kier alpha value is -1.45. The molecule has 0 radical (unpaired) electrons. The van der Waals surface area contributed by atoms with Gasteiger partial charge in [-0.2, -0.15) is 10.2 Å². The topological polar surface area (TPSA) is 78.0 Å². The van der Waals surface area contributed by atoms with E-state index in [1.807, 2.05) is 13.8 Å². The molecule has 1 unspecified atom stereocenters. The van der Waals surface area contributed by atoms with Crippen molar-refractivity contribution >= 4 is 0 Å². The van der Waals surface area contributed by atoms with Crippen LogP contribution in [0.5, 0.6) is 0 Å². The molecule has 6 nitrogen and oxygen atoms in total. The minimum atomic E-state index is -0.107. The van der Waals surface area contributed by atoms with Crippen molar-refractivity contribution in [2.75, 3.05) is 19.6 Å². The summed E-state index contributed by atoms with van der Waals surface area (Å²) in [4.78, 5) is 6.40. The molecule has 1 fully saturated rings. The van der Waals surface area contributed by atoms with Gasteiger partial charge < -0.3 is 9.84 Å². The smallest absolute Gasteiger partial charge is 0.229 e. The van der Waals surface area contributed by atoms with Crippen molar-refractivity contribution in [1.82, 2.24) is 20.4 Å². The Kier molecular flexibility index (Phi) is 3.71. The molecule has 0 aliphatic carbocycles. The second-order valence-corrected chi connectivity index (χ2v) is 4.52. The zero-order valence-electron chi connectivity index (χ0n) is 10.2. The first-order valence-corrected chi connectivity index (χ1v) is 5.87. The lowest BCUT2D eigenvalue weighted by Crippen LogP contribution is -2.50. The fourth-order valence-corrected chi connectivity index (χ4v) is 1.81. The van der Waals surface area contributed by atoms with Crippen molar-refractivity contribution in [3.8, 4) is 6.07 Å². The van der Waals surface area contributed by atoms with Crippen LogP contribution in [0.4, 0.5) is 0 Å². The first-order chi connectivity index (χ1) is 8.20. The van der Waals surface area contributed by atoms with Gasteiger partial charge in [-0.1, -0.05) is 19.0 Å². The van der Waals surface area contributed by atoms with Crippen molar-refractivity contribution in [2.45, 2.75) is 32.4 Å². The average molecular weight is 235 g/mol. The maximum atomic E-state index is 9.04. The molecule has 0 spiro atoms. The maximum Gasteiger partial charge on any atom is 0.229 e. The van der Waals surface area contributed by atoms with Crippen LogP contribution < -0.4 is 5.32 Å². The molecule has 0 amide bonds. The van der Waals surface area contributed by atoms with Gasteiger partial charge in [0.1, 0.15) is 6.04 Å². The molecule has 1 aromatic rings. The molecule has 2 heterocycles. The summed E-state index contributed by atoms with van der Waals surface area (Å²) >= 11 is 0. The summed E-state index contributed by atoms with van der Waals surface area (Å²) in [5, 5.41) is 16.2. The lowest BCUT2D eigenvalue weighted by atomic mass is 10.2. The molecular weight excluding hydrogens is 218 g/mol. The minimum Gasteiger partial charge on any atom is -0.339 e. The summed E-state index contributed by atoms with van der Waals surface area (Å²) in [7, 11) is 0. The van der Waals surface area contributed by atoms with E-state index >= 15 is 0 Å². The van der Waals surface area contributed by atoms with Crippen LogP contribution in [0.3, 0.4) is 0 Å². The van der Waals surface area contributed by atoms with Crippen LogP contribution >= 0.6 is 0 Å². The molecule has 0 aromatic carbocycles. The molecular formula is C11H17N5O. The summed E-state index contributed by atoms with van der Waals surface area (Å²) < 4.78 is 5.15. The maximum absolute atomic E-state index is 9.04. The Labute approximate surface area is 101 Å². The third kappa shape index (κ3) is 2.81. The van der Waals surface area contributed by atoms with E-state index < -0.39 is 0 Å². The molecule has 0 saturated carbocycles. The zero-order valence-corrected chi connectivity index (χ0v) is 10.2. The summed E-state index contributed by atoms with van der Waals surface area (Å²) in [5.74, 6) is 1.56. The van der Waals surface area contributed by atoms with Crippen LogP contribution in [-0.2, 0) is 6.54 Å². The fraction of sp³-hybridized carbons (Fsp3) is 0.727. The number of nitriles is 1. The summed E-state index contributed by atoms with van der Waals surface area (Å²) in [5.41, 5.74) is 0. The minimum absolute atomic E-state index is 0.107. The Bertz CT molecular complexity index is 408. The van der Waals surface area contributed by atoms with Gasteiger partial charge in [0.15, 0.2) is 5.82 Å². The SMILES string of the molecule is CC(C)c1nc(CN2CCNCC2C#N)no1. The van der Waals surface area contributed by atoms with Gasteiger partial charge in [-0.25, -0.2) is 0 Å². The van der Waals surface area contributed by atoms with E-state index in [9.17, 15) is 0 Å². The number of rotatable bonds is 3. The Morgan fingerprint density at radius 3 is 3.12 bits per heavy atom. The molecule has 17 heavy (non-hydrogen) atoms. The van der Waals surface area contributed by atoms with Crippen molar-refractivity contribution < 1.29 is 4.52 Å². The van der Waals surface area contributed by atoms with Gasteiger partial charge in [-0.3, -0.25) is 4.90 Å². The number of hydrogen-bond acceptors (Lipinski definition) is 6. The highest BCUT2D eigenvalue weighted by Gasteiger charge is 2.23. The largest absolute Gasteiger partial charge is 0.339 e. The molecule has 1 aliphatic rings. The third-order valence-electron chi connectivity index (χ3n) is 2.83. The van der Waals surface area contributed by atoms with Crippen molar-refractivity contribution in [3.05, 3.63) is 11.7 Å². The summed E-state index contributed by atoms with van der Waals surface area (Å²) in [6.07, 6.45) is 0. The van der Waals surface area contributed by atoms with Crippen LogP contribution in [0.1, 0.15) is 31.5 Å². The third-order valence-corrected chi connectivity index (χ3v) is 2.83. The second kappa shape index (κ2) is 5.25. The van der Waals surface area contributed by atoms with Crippen molar-refractivity contribution in [1.29, 1.82) is 5.26 Å². The normalized spacial score (nSPS) is 21.6. The quantitative estimate of drug-likeness (QED) is 0.821. The Morgan fingerprint density at radius 1 is 1.65 bits per heavy atom. The number of hydrogen-bond donors (Lipinski definition) is 1. The fourth-order valence-electron chi connectivity index (χ4n) is 1.81. The van der Waals surface area contributed by atoms with Crippen molar-refractivity contribution in [3.63, 3.8) is 0 Å². The second-order valence-electron chi connectivity index (χ2n) is 4.52. The molecule has 2 rings (SSSR count). The molecule has 92 valence electrons. The first kappa shape index (κ1) is 12.0. The van der Waals surface area contributed by atoms with Gasteiger partial charge in [0, 0.05) is 25.6 Å². The van der Waals surface area contributed by atoms with Gasteiger partial charge in [0.25, 0.3) is 0 Å². The van der Waals surface area contributed by atoms with E-state index in [2.05, 4.69) is 26.4 Å². The number of aromatic nitrogens is 2. The van der Waals surface area contributed by atoms with Gasteiger partial charge in [0.05, 0.1) is 12.6 Å². The van der Waals surface area contributed by atoms with E-state index in [-0.39, 0.29) is 12.0 Å². The van der Waals surface area contributed by atoms with E-state index in [1.54, 1.807) is 0 Å². The monoisotopic (exact) mass is 235 g/mol. The van der Waals surface area contributed by atoms with Crippen LogP contribution in [0, 0.1) is 11.3 Å². The van der Waals surface area contributed by atoms with E-state index in [0.717, 1.165) is 13.1 Å². The standard InChI is InChI=1S/C11H17N5O/c1-8(2)11-14-10(15-17-11)7-16-4-3-13-6-9(16)5-12/h8-9,13H,3-4,6-7H2,1-2H3. The van der Waals surface area contributed by atoms with Gasteiger partial charge in [-0.15, -0.1) is 0 Å². The van der Waals surface area contributed by atoms with Crippen LogP contribution in [0.25, 0.3) is 0 Å². The predicted molar refractivity (Wildman–Crippen MR) is 61.1 cm³/mol. The predicted octanol–water partition coefficient (Wildman–Crippen LogP) is 0.490. The van der Waals surface area contributed by atoms with Crippen LogP contribution in [0.2, 0.25) is 0 Å². The molecule has 6 heteroatoms. The van der Waals surface area contributed by atoms with E-state index in [0.29, 0.717) is 24.8 Å². The molecule has 1 saturated heterocycles. The highest BCUT2D eigenvalue weighted by atomic mass is 16.5. The number of nitrogens with zero attached hydrogens (tertiary/aromatic N) is 4. The lowest BCUT2D eigenvalue weighted by Gasteiger charge is -2.30. The summed E-state index contributed by atoms with van der Waals surface area (Å²) in [6, 6.07) is 2.17. The highest BCUT2D eigenvalue weighted by molar-refractivity contribution is 4.99. The number of nitrogens with one attached hydrogen (secondary N) is 1. The Balaban J connectivity index is 2.01. The van der Waals surface area contributed by atoms with Crippen LogP contribution in [0.15, 0.2) is 4.52 Å². The molecule has 0 bridgehead atoms. The lowest BCUT2D eigenvalue weighted by molar-refractivity contribution is 0.182. The van der Waals surface area contributed by atoms with Crippen LogP contribution in [-0.4, -0.2) is 40.7 Å². The molecule has 1 N–H and O–H groups in total. The van der Waals surface area contributed by atoms with E-state index in [4.69, 9.17) is 9.78 Å². The van der Waals surface area contributed by atoms with Gasteiger partial charge >= 0.3 is 0 Å².